The summed E-state index contributed by atoms with van der Waals surface area (Å²) in [5.41, 5.74) is 0. The average Bonchev–Trinajstić information content (AvgIpc) is 3.02. The summed E-state index contributed by atoms with van der Waals surface area (Å²) < 4.78 is 10.7. The van der Waals surface area contributed by atoms with Gasteiger partial charge in [-0.1, -0.05) is 23.4 Å². The minimum atomic E-state index is 0.0365. The molecule has 0 spiro atoms. The lowest BCUT2D eigenvalue weighted by atomic mass is 10.3. The number of likely N-dealkylation sites (N-methyl/N-ethyl adjacent to an activating group) is 1. The Morgan fingerprint density at radius 3 is 2.70 bits per heavy atom. The van der Waals surface area contributed by atoms with Crippen LogP contribution in [0.25, 0.3) is 0 Å². The first-order chi connectivity index (χ1) is 11.2. The normalized spacial score (nSPS) is 15.6. The van der Waals surface area contributed by atoms with Crippen molar-refractivity contribution in [1.82, 2.24) is 19.9 Å². The largest absolute Gasteiger partial charge is 0.484 e. The van der Waals surface area contributed by atoms with Gasteiger partial charge in [0.1, 0.15) is 5.75 Å². The molecular weight excluding hydrogens is 296 g/mol. The maximum absolute atomic E-state index is 12.2. The lowest BCUT2D eigenvalue weighted by molar-refractivity contribution is -0.132. The fourth-order valence-electron chi connectivity index (χ4n) is 2.39. The van der Waals surface area contributed by atoms with Crippen LogP contribution in [0.4, 0.5) is 0 Å². The number of aromatic nitrogens is 2. The van der Waals surface area contributed by atoms with E-state index >= 15 is 0 Å². The van der Waals surface area contributed by atoms with E-state index in [0.717, 1.165) is 31.9 Å². The third-order valence-electron chi connectivity index (χ3n) is 3.78. The van der Waals surface area contributed by atoms with Crippen LogP contribution in [-0.4, -0.2) is 59.1 Å². The molecule has 1 aromatic carbocycles. The third-order valence-corrected chi connectivity index (χ3v) is 3.78. The number of benzene rings is 1. The molecule has 0 saturated carbocycles. The van der Waals surface area contributed by atoms with Crippen LogP contribution < -0.4 is 4.74 Å². The Kier molecular flexibility index (Phi) is 4.87. The van der Waals surface area contributed by atoms with Crippen LogP contribution >= 0.6 is 0 Å². The Morgan fingerprint density at radius 1 is 1.22 bits per heavy atom. The number of hydrogen-bond donors (Lipinski definition) is 0. The predicted octanol–water partition coefficient (Wildman–Crippen LogP) is 0.965. The van der Waals surface area contributed by atoms with E-state index in [1.54, 1.807) is 0 Å². The fraction of sp³-hybridized carbons (Fsp3) is 0.438. The van der Waals surface area contributed by atoms with E-state index in [1.165, 1.54) is 0 Å². The summed E-state index contributed by atoms with van der Waals surface area (Å²) in [5.74, 6) is 1.55. The SMILES string of the molecule is CN1CCN(C(=O)Cc2noc(COc3ccccc3)n2)CC1. The molecule has 1 aromatic heterocycles. The quantitative estimate of drug-likeness (QED) is 0.818. The van der Waals surface area contributed by atoms with E-state index in [9.17, 15) is 4.79 Å². The molecule has 122 valence electrons. The molecule has 1 amide bonds. The monoisotopic (exact) mass is 316 g/mol. The molecule has 0 unspecified atom stereocenters. The highest BCUT2D eigenvalue weighted by Gasteiger charge is 2.21. The van der Waals surface area contributed by atoms with Crippen LogP contribution in [-0.2, 0) is 17.8 Å². The van der Waals surface area contributed by atoms with Gasteiger partial charge in [0, 0.05) is 26.2 Å². The highest BCUT2D eigenvalue weighted by atomic mass is 16.5. The van der Waals surface area contributed by atoms with Crippen molar-refractivity contribution in [2.24, 2.45) is 0 Å². The second kappa shape index (κ2) is 7.23. The summed E-state index contributed by atoms with van der Waals surface area (Å²) in [4.78, 5) is 20.5. The number of para-hydroxylation sites is 1. The molecule has 0 aliphatic carbocycles. The number of rotatable bonds is 5. The standard InChI is InChI=1S/C16H20N4O3/c1-19-7-9-20(10-8-19)16(21)11-14-17-15(23-18-14)12-22-13-5-3-2-4-6-13/h2-6H,7-12H2,1H3. The second-order valence-electron chi connectivity index (χ2n) is 5.57. The number of carbonyl (C=O) groups excluding carboxylic acids is 1. The van der Waals surface area contributed by atoms with Crippen LogP contribution in [0, 0.1) is 0 Å². The van der Waals surface area contributed by atoms with Gasteiger partial charge in [-0.25, -0.2) is 0 Å². The zero-order chi connectivity index (χ0) is 16.1. The summed E-state index contributed by atoms with van der Waals surface area (Å²) in [5, 5.41) is 3.85. The Morgan fingerprint density at radius 2 is 1.96 bits per heavy atom. The van der Waals surface area contributed by atoms with Crippen molar-refractivity contribution in [1.29, 1.82) is 0 Å². The lowest BCUT2D eigenvalue weighted by Crippen LogP contribution is -2.47. The molecule has 2 aromatic rings. The van der Waals surface area contributed by atoms with Gasteiger partial charge in [0.2, 0.25) is 5.91 Å². The first kappa shape index (κ1) is 15.5. The molecule has 1 aliphatic heterocycles. The first-order valence-corrected chi connectivity index (χ1v) is 7.66. The van der Waals surface area contributed by atoms with E-state index in [0.29, 0.717) is 11.7 Å². The number of piperazine rings is 1. The molecule has 0 atom stereocenters. The third kappa shape index (κ3) is 4.29. The molecule has 2 heterocycles. The number of amides is 1. The van der Waals surface area contributed by atoms with Crippen molar-refractivity contribution >= 4 is 5.91 Å². The molecule has 0 bridgehead atoms. The van der Waals surface area contributed by atoms with Crippen molar-refractivity contribution in [2.75, 3.05) is 33.2 Å². The van der Waals surface area contributed by atoms with Gasteiger partial charge in [0.25, 0.3) is 5.89 Å². The van der Waals surface area contributed by atoms with Gasteiger partial charge >= 0.3 is 0 Å². The minimum Gasteiger partial charge on any atom is -0.484 e. The van der Waals surface area contributed by atoms with Gasteiger partial charge in [0.15, 0.2) is 12.4 Å². The predicted molar refractivity (Wildman–Crippen MR) is 82.9 cm³/mol. The van der Waals surface area contributed by atoms with Gasteiger partial charge in [0.05, 0.1) is 6.42 Å². The Hall–Kier alpha value is -2.41. The number of carbonyl (C=O) groups is 1. The Bertz CT molecular complexity index is 636. The molecule has 3 rings (SSSR count). The van der Waals surface area contributed by atoms with Gasteiger partial charge in [-0.3, -0.25) is 4.79 Å². The van der Waals surface area contributed by atoms with Crippen LogP contribution in [0.5, 0.6) is 5.75 Å². The molecule has 0 radical (unpaired) electrons. The topological polar surface area (TPSA) is 71.7 Å². The van der Waals surface area contributed by atoms with E-state index in [4.69, 9.17) is 9.26 Å². The van der Waals surface area contributed by atoms with Crippen LogP contribution in [0.3, 0.4) is 0 Å². The summed E-state index contributed by atoms with van der Waals surface area (Å²) in [6, 6.07) is 9.41. The van der Waals surface area contributed by atoms with E-state index in [2.05, 4.69) is 22.1 Å². The minimum absolute atomic E-state index is 0.0365. The van der Waals surface area contributed by atoms with Crippen molar-refractivity contribution < 1.29 is 14.1 Å². The van der Waals surface area contributed by atoms with E-state index in [-0.39, 0.29) is 18.9 Å². The number of nitrogens with zero attached hydrogens (tertiary/aromatic N) is 4. The Balaban J connectivity index is 1.50. The van der Waals surface area contributed by atoms with Crippen LogP contribution in [0.2, 0.25) is 0 Å². The molecular formula is C16H20N4O3. The van der Waals surface area contributed by atoms with Crippen molar-refractivity contribution in [3.05, 3.63) is 42.0 Å². The molecule has 23 heavy (non-hydrogen) atoms. The van der Waals surface area contributed by atoms with E-state index < -0.39 is 0 Å². The summed E-state index contributed by atoms with van der Waals surface area (Å²) in [6.07, 6.45) is 0.165. The number of ether oxygens (including phenoxy) is 1. The Labute approximate surface area is 134 Å². The first-order valence-electron chi connectivity index (χ1n) is 7.66. The van der Waals surface area contributed by atoms with Crippen LogP contribution in [0.1, 0.15) is 11.7 Å². The van der Waals surface area contributed by atoms with Crippen molar-refractivity contribution in [3.8, 4) is 5.75 Å². The summed E-state index contributed by atoms with van der Waals surface area (Å²) >= 11 is 0. The number of hydrogen-bond acceptors (Lipinski definition) is 6. The molecule has 1 saturated heterocycles. The maximum Gasteiger partial charge on any atom is 0.264 e. The maximum atomic E-state index is 12.2. The smallest absolute Gasteiger partial charge is 0.264 e. The lowest BCUT2D eigenvalue weighted by Gasteiger charge is -2.32. The second-order valence-corrected chi connectivity index (χ2v) is 5.57. The highest BCUT2D eigenvalue weighted by Crippen LogP contribution is 2.11. The molecule has 1 fully saturated rings. The zero-order valence-electron chi connectivity index (χ0n) is 13.1. The summed E-state index contributed by atoms with van der Waals surface area (Å²) in [6.45, 7) is 3.48. The zero-order valence-corrected chi connectivity index (χ0v) is 13.1. The molecule has 0 N–H and O–H groups in total. The average molecular weight is 316 g/mol. The van der Waals surface area contributed by atoms with Crippen molar-refractivity contribution in [2.45, 2.75) is 13.0 Å². The van der Waals surface area contributed by atoms with Gasteiger partial charge in [-0.2, -0.15) is 4.98 Å². The van der Waals surface area contributed by atoms with Gasteiger partial charge < -0.3 is 19.1 Å². The molecule has 7 nitrogen and oxygen atoms in total. The summed E-state index contributed by atoms with van der Waals surface area (Å²) in [7, 11) is 2.06. The molecule has 7 heteroatoms. The van der Waals surface area contributed by atoms with E-state index in [1.807, 2.05) is 35.2 Å². The molecule has 1 aliphatic rings. The van der Waals surface area contributed by atoms with Crippen LogP contribution in [0.15, 0.2) is 34.9 Å². The van der Waals surface area contributed by atoms with Crippen molar-refractivity contribution in [3.63, 3.8) is 0 Å². The van der Waals surface area contributed by atoms with Gasteiger partial charge in [-0.15, -0.1) is 0 Å². The van der Waals surface area contributed by atoms with Gasteiger partial charge in [-0.05, 0) is 19.2 Å². The highest BCUT2D eigenvalue weighted by molar-refractivity contribution is 5.78. The fourth-order valence-corrected chi connectivity index (χ4v) is 2.39.